The van der Waals surface area contributed by atoms with E-state index in [-0.39, 0.29) is 18.5 Å². The summed E-state index contributed by atoms with van der Waals surface area (Å²) in [6.07, 6.45) is 2.90. The van der Waals surface area contributed by atoms with Crippen molar-refractivity contribution in [1.82, 2.24) is 20.0 Å². The van der Waals surface area contributed by atoms with Crippen LogP contribution in [0.3, 0.4) is 0 Å². The van der Waals surface area contributed by atoms with Crippen LogP contribution < -0.4 is 5.32 Å². The first-order valence-corrected chi connectivity index (χ1v) is 5.30. The van der Waals surface area contributed by atoms with Crippen molar-refractivity contribution in [3.05, 3.63) is 18.5 Å². The number of hydrogen-bond acceptors (Lipinski definition) is 4. The lowest BCUT2D eigenvalue weighted by Gasteiger charge is -2.26. The lowest BCUT2D eigenvalue weighted by molar-refractivity contribution is -0.134. The molecule has 0 radical (unpaired) electrons. The maximum atomic E-state index is 11.9. The van der Waals surface area contributed by atoms with Gasteiger partial charge >= 0.3 is 0 Å². The third-order valence-electron chi connectivity index (χ3n) is 2.90. The molecule has 1 amide bonds. The molecule has 16 heavy (non-hydrogen) atoms. The maximum absolute atomic E-state index is 11.9. The Balaban J connectivity index is 1.94. The van der Waals surface area contributed by atoms with Gasteiger partial charge < -0.3 is 15.3 Å². The van der Waals surface area contributed by atoms with Gasteiger partial charge in [0, 0.05) is 32.5 Å². The Kier molecular flexibility index (Phi) is 3.21. The van der Waals surface area contributed by atoms with Gasteiger partial charge in [-0.15, -0.1) is 0 Å². The van der Waals surface area contributed by atoms with E-state index in [0.717, 1.165) is 0 Å². The Hall–Kier alpha value is -1.40. The van der Waals surface area contributed by atoms with Crippen LogP contribution in [-0.2, 0) is 11.3 Å². The fourth-order valence-corrected chi connectivity index (χ4v) is 1.88. The predicted molar refractivity (Wildman–Crippen MR) is 57.7 cm³/mol. The first-order chi connectivity index (χ1) is 7.68. The van der Waals surface area contributed by atoms with E-state index in [0.29, 0.717) is 13.1 Å². The summed E-state index contributed by atoms with van der Waals surface area (Å²) in [7, 11) is 1.72. The number of β-amino-alcohol motifs (C(OH)–C–C–N with tert-alkyl or cyclic N) is 1. The zero-order chi connectivity index (χ0) is 11.5. The van der Waals surface area contributed by atoms with Crippen LogP contribution >= 0.6 is 0 Å². The second-order valence-corrected chi connectivity index (χ2v) is 4.00. The second kappa shape index (κ2) is 4.63. The van der Waals surface area contributed by atoms with Crippen LogP contribution in [-0.4, -0.2) is 58.0 Å². The van der Waals surface area contributed by atoms with Gasteiger partial charge in [-0.2, -0.15) is 5.10 Å². The molecule has 0 saturated carbocycles. The molecule has 6 heteroatoms. The van der Waals surface area contributed by atoms with Crippen LogP contribution in [0.4, 0.5) is 0 Å². The van der Waals surface area contributed by atoms with E-state index in [2.05, 4.69) is 10.4 Å². The van der Waals surface area contributed by atoms with E-state index in [4.69, 9.17) is 0 Å². The Labute approximate surface area is 93.9 Å². The number of hydrogen-bond donors (Lipinski definition) is 2. The number of aromatic nitrogens is 2. The average Bonchev–Trinajstić information content (AvgIpc) is 2.88. The third kappa shape index (κ3) is 2.23. The predicted octanol–water partition coefficient (Wildman–Crippen LogP) is -1.33. The first-order valence-electron chi connectivity index (χ1n) is 5.30. The summed E-state index contributed by atoms with van der Waals surface area (Å²) in [5, 5.41) is 16.7. The lowest BCUT2D eigenvalue weighted by Crippen LogP contribution is -2.45. The second-order valence-electron chi connectivity index (χ2n) is 4.00. The van der Waals surface area contributed by atoms with Gasteiger partial charge in [-0.3, -0.25) is 9.48 Å². The minimum atomic E-state index is -0.480. The highest BCUT2D eigenvalue weighted by molar-refractivity contribution is 5.76. The van der Waals surface area contributed by atoms with Crippen molar-refractivity contribution in [3.8, 4) is 0 Å². The molecule has 6 nitrogen and oxygen atoms in total. The first kappa shape index (κ1) is 11.1. The minimum Gasteiger partial charge on any atom is -0.390 e. The Morgan fingerprint density at radius 3 is 3.06 bits per heavy atom. The molecule has 0 unspecified atom stereocenters. The summed E-state index contributed by atoms with van der Waals surface area (Å²) in [4.78, 5) is 13.5. The van der Waals surface area contributed by atoms with Gasteiger partial charge in [0.05, 0.1) is 12.1 Å². The highest BCUT2D eigenvalue weighted by atomic mass is 16.3. The van der Waals surface area contributed by atoms with E-state index in [1.165, 1.54) is 0 Å². The van der Waals surface area contributed by atoms with Gasteiger partial charge in [0.2, 0.25) is 5.91 Å². The molecular formula is C10H16N4O2. The molecule has 0 spiro atoms. The number of aliphatic hydroxyl groups excluding tert-OH is 1. The summed E-state index contributed by atoms with van der Waals surface area (Å²) in [5.41, 5.74) is 0. The van der Waals surface area contributed by atoms with Crippen molar-refractivity contribution >= 4 is 5.91 Å². The molecule has 1 aromatic heterocycles. The van der Waals surface area contributed by atoms with E-state index < -0.39 is 6.10 Å². The standard InChI is InChI=1S/C10H16N4O2/c1-13(8-5-11-6-9(8)15)10(16)7-14-4-2-3-12-14/h2-4,8-9,11,15H,5-7H2,1H3/t8-,9-/m0/s1. The number of nitrogens with one attached hydrogen (secondary N) is 1. The van der Waals surface area contributed by atoms with E-state index in [9.17, 15) is 9.90 Å². The van der Waals surface area contributed by atoms with Gasteiger partial charge in [-0.1, -0.05) is 0 Å². The molecule has 1 aliphatic rings. The Morgan fingerprint density at radius 1 is 1.69 bits per heavy atom. The van der Waals surface area contributed by atoms with Crippen molar-refractivity contribution < 1.29 is 9.90 Å². The SMILES string of the molecule is CN(C(=O)Cn1cccn1)[C@H]1CNC[C@@H]1O. The monoisotopic (exact) mass is 224 g/mol. The van der Waals surface area contributed by atoms with Gasteiger partial charge in [-0.25, -0.2) is 0 Å². The zero-order valence-corrected chi connectivity index (χ0v) is 9.21. The van der Waals surface area contributed by atoms with Crippen LogP contribution in [0.1, 0.15) is 0 Å². The van der Waals surface area contributed by atoms with Gasteiger partial charge in [0.1, 0.15) is 6.54 Å². The zero-order valence-electron chi connectivity index (χ0n) is 9.21. The summed E-state index contributed by atoms with van der Waals surface area (Å²) in [6.45, 7) is 1.40. The maximum Gasteiger partial charge on any atom is 0.244 e. The van der Waals surface area contributed by atoms with Crippen LogP contribution in [0.25, 0.3) is 0 Å². The van der Waals surface area contributed by atoms with Crippen LogP contribution in [0.15, 0.2) is 18.5 Å². The van der Waals surface area contributed by atoms with E-state index >= 15 is 0 Å². The topological polar surface area (TPSA) is 70.4 Å². The number of carbonyl (C=O) groups is 1. The van der Waals surface area contributed by atoms with Crippen molar-refractivity contribution in [3.63, 3.8) is 0 Å². The molecule has 1 aliphatic heterocycles. The summed E-state index contributed by atoms with van der Waals surface area (Å²) >= 11 is 0. The number of amides is 1. The molecule has 2 N–H and O–H groups in total. The molecule has 2 rings (SSSR count). The fraction of sp³-hybridized carbons (Fsp3) is 0.600. The molecule has 88 valence electrons. The molecule has 1 saturated heterocycles. The number of likely N-dealkylation sites (N-methyl/N-ethyl adjacent to an activating group) is 1. The van der Waals surface area contributed by atoms with Crippen molar-refractivity contribution in [2.45, 2.75) is 18.7 Å². The minimum absolute atomic E-state index is 0.0450. The summed E-state index contributed by atoms with van der Waals surface area (Å²) in [6, 6.07) is 1.64. The third-order valence-corrected chi connectivity index (χ3v) is 2.90. The van der Waals surface area contributed by atoms with Crippen molar-refractivity contribution in [1.29, 1.82) is 0 Å². The van der Waals surface area contributed by atoms with Crippen LogP contribution in [0, 0.1) is 0 Å². The highest BCUT2D eigenvalue weighted by Crippen LogP contribution is 2.08. The van der Waals surface area contributed by atoms with Gasteiger partial charge in [-0.05, 0) is 6.07 Å². The lowest BCUT2D eigenvalue weighted by atomic mass is 10.2. The summed E-state index contributed by atoms with van der Waals surface area (Å²) < 4.78 is 1.58. The molecule has 2 heterocycles. The number of rotatable bonds is 3. The quantitative estimate of drug-likeness (QED) is 0.667. The molecule has 0 bridgehead atoms. The molecule has 1 fully saturated rings. The Morgan fingerprint density at radius 2 is 2.50 bits per heavy atom. The van der Waals surface area contributed by atoms with Crippen LogP contribution in [0.5, 0.6) is 0 Å². The van der Waals surface area contributed by atoms with Gasteiger partial charge in [0.15, 0.2) is 0 Å². The smallest absolute Gasteiger partial charge is 0.244 e. The largest absolute Gasteiger partial charge is 0.390 e. The Bertz CT molecular complexity index is 352. The molecule has 1 aromatic rings. The fourth-order valence-electron chi connectivity index (χ4n) is 1.88. The molecule has 2 atom stereocenters. The normalized spacial score (nSPS) is 24.6. The van der Waals surface area contributed by atoms with E-state index in [1.807, 2.05) is 0 Å². The molecule has 0 aliphatic carbocycles. The number of aliphatic hydroxyl groups is 1. The molecule has 0 aromatic carbocycles. The van der Waals surface area contributed by atoms with Gasteiger partial charge in [0.25, 0.3) is 0 Å². The molecular weight excluding hydrogens is 208 g/mol. The van der Waals surface area contributed by atoms with E-state index in [1.54, 1.807) is 35.1 Å². The van der Waals surface area contributed by atoms with Crippen molar-refractivity contribution in [2.75, 3.05) is 20.1 Å². The summed E-state index contributed by atoms with van der Waals surface area (Å²) in [5.74, 6) is -0.0450. The van der Waals surface area contributed by atoms with Crippen molar-refractivity contribution in [2.24, 2.45) is 0 Å². The number of carbonyl (C=O) groups excluding carboxylic acids is 1. The number of nitrogens with zero attached hydrogens (tertiary/aromatic N) is 3. The van der Waals surface area contributed by atoms with Crippen LogP contribution in [0.2, 0.25) is 0 Å². The highest BCUT2D eigenvalue weighted by Gasteiger charge is 2.30. The average molecular weight is 224 g/mol.